The molecule has 0 aliphatic carbocycles. The van der Waals surface area contributed by atoms with Gasteiger partial charge in [-0.05, 0) is 48.5 Å². The van der Waals surface area contributed by atoms with Crippen molar-refractivity contribution in [3.63, 3.8) is 0 Å². The second kappa shape index (κ2) is 10.8. The van der Waals surface area contributed by atoms with Gasteiger partial charge in [0.2, 0.25) is 5.95 Å². The maximum absolute atomic E-state index is 12.8. The fourth-order valence-electron chi connectivity index (χ4n) is 3.13. The van der Waals surface area contributed by atoms with E-state index in [1.165, 1.54) is 31.4 Å². The first-order chi connectivity index (χ1) is 16.9. The normalized spacial score (nSPS) is 11.2. The smallest absolute Gasteiger partial charge is 0.339 e. The topological polar surface area (TPSA) is 147 Å². The lowest BCUT2D eigenvalue weighted by molar-refractivity contribution is 0.198. The van der Waals surface area contributed by atoms with Gasteiger partial charge in [0.1, 0.15) is 10.6 Å². The zero-order chi connectivity index (χ0) is 24.7. The monoisotopic (exact) mass is 496 g/mol. The van der Waals surface area contributed by atoms with Crippen molar-refractivity contribution in [3.05, 3.63) is 72.6 Å². The highest BCUT2D eigenvalue weighted by Gasteiger charge is 2.17. The SMILES string of the molecule is COCCNC(=O)Nc1nc2ccc(OS(=O)(=O)c3ccc(NCc4ccccn4)cc3)cc2[nH]1. The predicted octanol–water partition coefficient (Wildman–Crippen LogP) is 3.11. The molecule has 0 unspecified atom stereocenters. The lowest BCUT2D eigenvalue weighted by Gasteiger charge is -2.09. The molecule has 4 N–H and O–H groups in total. The number of aromatic nitrogens is 3. The van der Waals surface area contributed by atoms with Crippen molar-refractivity contribution in [3.8, 4) is 5.75 Å². The van der Waals surface area contributed by atoms with Crippen LogP contribution in [0, 0.1) is 0 Å². The maximum atomic E-state index is 12.8. The Morgan fingerprint density at radius 1 is 1.09 bits per heavy atom. The van der Waals surface area contributed by atoms with Crippen LogP contribution < -0.4 is 20.1 Å². The molecule has 2 aromatic heterocycles. The number of rotatable bonds is 10. The number of carbonyl (C=O) groups is 1. The van der Waals surface area contributed by atoms with E-state index in [9.17, 15) is 13.2 Å². The standard InChI is InChI=1S/C23H24N6O5S/c1-33-13-12-25-23(30)29-22-27-20-10-7-18(14-21(20)28-22)34-35(31,32)19-8-5-16(6-9-19)26-15-17-4-2-3-11-24-17/h2-11,14,26H,12-13,15H2,1H3,(H3,25,27,28,29,30). The number of aromatic amines is 1. The van der Waals surface area contributed by atoms with E-state index in [-0.39, 0.29) is 16.6 Å². The summed E-state index contributed by atoms with van der Waals surface area (Å²) in [6.45, 7) is 1.24. The Balaban J connectivity index is 1.39. The molecule has 0 fully saturated rings. The molecule has 0 aliphatic rings. The lowest BCUT2D eigenvalue weighted by Crippen LogP contribution is -2.31. The van der Waals surface area contributed by atoms with Gasteiger partial charge in [-0.15, -0.1) is 0 Å². The Morgan fingerprint density at radius 3 is 2.66 bits per heavy atom. The van der Waals surface area contributed by atoms with Crippen LogP contribution in [0.4, 0.5) is 16.4 Å². The summed E-state index contributed by atoms with van der Waals surface area (Å²) in [6.07, 6.45) is 1.71. The number of hydrogen-bond donors (Lipinski definition) is 4. The number of anilines is 2. The third kappa shape index (κ3) is 6.46. The van der Waals surface area contributed by atoms with E-state index in [2.05, 4.69) is 30.9 Å². The molecule has 0 radical (unpaired) electrons. The highest BCUT2D eigenvalue weighted by Crippen LogP contribution is 2.24. The summed E-state index contributed by atoms with van der Waals surface area (Å²) in [5, 5.41) is 8.37. The van der Waals surface area contributed by atoms with Crippen molar-refractivity contribution in [2.24, 2.45) is 0 Å². The number of fused-ring (bicyclic) bond motifs is 1. The number of pyridine rings is 1. The van der Waals surface area contributed by atoms with Gasteiger partial charge in [0, 0.05) is 31.6 Å². The molecule has 0 aliphatic heterocycles. The Bertz CT molecular complexity index is 1390. The fraction of sp³-hybridized carbons (Fsp3) is 0.174. The van der Waals surface area contributed by atoms with E-state index in [0.717, 1.165) is 11.4 Å². The Hall–Kier alpha value is -4.16. The van der Waals surface area contributed by atoms with Gasteiger partial charge in [0.25, 0.3) is 0 Å². The molecule has 0 atom stereocenters. The number of carbonyl (C=O) groups excluding carboxylic acids is 1. The van der Waals surface area contributed by atoms with Crippen LogP contribution >= 0.6 is 0 Å². The molecule has 0 saturated carbocycles. The number of H-pyrrole nitrogens is 1. The van der Waals surface area contributed by atoms with Crippen molar-refractivity contribution in [2.75, 3.05) is 30.9 Å². The quantitative estimate of drug-likeness (QED) is 0.193. The first kappa shape index (κ1) is 24.0. The third-order valence-electron chi connectivity index (χ3n) is 4.83. The van der Waals surface area contributed by atoms with Crippen LogP contribution in [0.1, 0.15) is 5.69 Å². The number of amides is 2. The molecule has 4 aromatic rings. The van der Waals surface area contributed by atoms with Gasteiger partial charge in [-0.3, -0.25) is 10.3 Å². The van der Waals surface area contributed by atoms with Crippen LogP contribution in [0.5, 0.6) is 5.75 Å². The molecule has 0 bridgehead atoms. The molecule has 11 nitrogen and oxygen atoms in total. The number of ether oxygens (including phenoxy) is 1. The summed E-state index contributed by atoms with van der Waals surface area (Å²) in [7, 11) is -2.52. The third-order valence-corrected chi connectivity index (χ3v) is 6.09. The van der Waals surface area contributed by atoms with Gasteiger partial charge in [-0.25, -0.2) is 9.78 Å². The Kier molecular flexibility index (Phi) is 7.43. The minimum atomic E-state index is -4.06. The average molecular weight is 497 g/mol. The second-order valence-corrected chi connectivity index (χ2v) is 8.92. The summed E-state index contributed by atoms with van der Waals surface area (Å²) in [5.74, 6) is 0.318. The highest BCUT2D eigenvalue weighted by atomic mass is 32.2. The summed E-state index contributed by atoms with van der Waals surface area (Å²) in [5.41, 5.74) is 2.65. The molecule has 182 valence electrons. The number of urea groups is 1. The van der Waals surface area contributed by atoms with E-state index in [0.29, 0.717) is 30.7 Å². The van der Waals surface area contributed by atoms with Crippen LogP contribution in [-0.4, -0.2) is 49.7 Å². The lowest BCUT2D eigenvalue weighted by atomic mass is 10.3. The van der Waals surface area contributed by atoms with Crippen LogP contribution in [0.3, 0.4) is 0 Å². The molecule has 2 aromatic carbocycles. The van der Waals surface area contributed by atoms with Crippen LogP contribution in [0.2, 0.25) is 0 Å². The van der Waals surface area contributed by atoms with Crippen molar-refractivity contribution in [2.45, 2.75) is 11.4 Å². The predicted molar refractivity (Wildman–Crippen MR) is 131 cm³/mol. The molecule has 0 spiro atoms. The number of methoxy groups -OCH3 is 1. The van der Waals surface area contributed by atoms with E-state index in [1.54, 1.807) is 24.4 Å². The van der Waals surface area contributed by atoms with E-state index in [4.69, 9.17) is 8.92 Å². The van der Waals surface area contributed by atoms with Crippen molar-refractivity contribution in [1.29, 1.82) is 0 Å². The summed E-state index contributed by atoms with van der Waals surface area (Å²) >= 11 is 0. The van der Waals surface area contributed by atoms with E-state index in [1.807, 2.05) is 18.2 Å². The molecule has 0 saturated heterocycles. The summed E-state index contributed by atoms with van der Waals surface area (Å²) in [6, 6.07) is 16.0. The van der Waals surface area contributed by atoms with Gasteiger partial charge in [-0.1, -0.05) is 6.07 Å². The van der Waals surface area contributed by atoms with Gasteiger partial charge >= 0.3 is 16.1 Å². The van der Waals surface area contributed by atoms with Crippen molar-refractivity contribution < 1.29 is 22.1 Å². The Morgan fingerprint density at radius 2 is 1.91 bits per heavy atom. The molecule has 2 heterocycles. The summed E-state index contributed by atoms with van der Waals surface area (Å²) < 4.78 is 35.7. The minimum Gasteiger partial charge on any atom is -0.383 e. The van der Waals surface area contributed by atoms with Gasteiger partial charge in [0.05, 0.1) is 29.9 Å². The zero-order valence-electron chi connectivity index (χ0n) is 18.8. The van der Waals surface area contributed by atoms with Gasteiger partial charge in [-0.2, -0.15) is 8.42 Å². The maximum Gasteiger partial charge on any atom is 0.339 e. The van der Waals surface area contributed by atoms with Gasteiger partial charge in [0.15, 0.2) is 0 Å². The number of nitrogens with zero attached hydrogens (tertiary/aromatic N) is 2. The number of benzene rings is 2. The first-order valence-corrected chi connectivity index (χ1v) is 12.1. The van der Waals surface area contributed by atoms with Crippen LogP contribution in [0.15, 0.2) is 71.8 Å². The van der Waals surface area contributed by atoms with Crippen molar-refractivity contribution >= 4 is 38.8 Å². The summed E-state index contributed by atoms with van der Waals surface area (Å²) in [4.78, 5) is 23.3. The average Bonchev–Trinajstić information content (AvgIpc) is 3.25. The molecule has 2 amide bonds. The van der Waals surface area contributed by atoms with Crippen LogP contribution in [0.25, 0.3) is 11.0 Å². The number of imidazole rings is 1. The molecular formula is C23H24N6O5S. The van der Waals surface area contributed by atoms with Crippen LogP contribution in [-0.2, 0) is 21.4 Å². The largest absolute Gasteiger partial charge is 0.383 e. The molecule has 12 heteroatoms. The molecule has 4 rings (SSSR count). The molecule has 35 heavy (non-hydrogen) atoms. The molecular weight excluding hydrogens is 472 g/mol. The highest BCUT2D eigenvalue weighted by molar-refractivity contribution is 7.87. The Labute approximate surface area is 202 Å². The number of hydrogen-bond acceptors (Lipinski definition) is 8. The minimum absolute atomic E-state index is 0.0145. The second-order valence-electron chi connectivity index (χ2n) is 7.37. The first-order valence-electron chi connectivity index (χ1n) is 10.6. The van der Waals surface area contributed by atoms with Crippen molar-refractivity contribution in [1.82, 2.24) is 20.3 Å². The zero-order valence-corrected chi connectivity index (χ0v) is 19.6. The van der Waals surface area contributed by atoms with Gasteiger partial charge < -0.3 is 24.5 Å². The van der Waals surface area contributed by atoms with E-state index >= 15 is 0 Å². The fourth-order valence-corrected chi connectivity index (χ4v) is 4.05. The van der Waals surface area contributed by atoms with E-state index < -0.39 is 16.1 Å². The number of nitrogens with one attached hydrogen (secondary N) is 4.